The van der Waals surface area contributed by atoms with Crippen LogP contribution in [0.3, 0.4) is 0 Å². The van der Waals surface area contributed by atoms with Crippen LogP contribution in [0.15, 0.2) is 76.3 Å². The van der Waals surface area contributed by atoms with Crippen LogP contribution in [-0.2, 0) is 13.1 Å². The number of benzene rings is 3. The van der Waals surface area contributed by atoms with E-state index in [1.807, 2.05) is 61.5 Å². The van der Waals surface area contributed by atoms with Gasteiger partial charge in [-0.15, -0.1) is 0 Å². The molecule has 5 nitrogen and oxygen atoms in total. The number of amides is 1. The van der Waals surface area contributed by atoms with Crippen molar-refractivity contribution in [3.63, 3.8) is 0 Å². The van der Waals surface area contributed by atoms with E-state index in [0.717, 1.165) is 28.9 Å². The van der Waals surface area contributed by atoms with Gasteiger partial charge in [-0.3, -0.25) is 4.79 Å². The highest BCUT2D eigenvalue weighted by molar-refractivity contribution is 9.10. The minimum Gasteiger partial charge on any atom is -0.494 e. The third-order valence-corrected chi connectivity index (χ3v) is 5.48. The summed E-state index contributed by atoms with van der Waals surface area (Å²) in [6, 6.07) is 21.7. The topological polar surface area (TPSA) is 53.9 Å². The molecule has 4 rings (SSSR count). The summed E-state index contributed by atoms with van der Waals surface area (Å²) in [7, 11) is 0. The monoisotopic (exact) mass is 463 g/mol. The van der Waals surface area contributed by atoms with Gasteiger partial charge in [0, 0.05) is 28.8 Å². The molecule has 0 radical (unpaired) electrons. The second-order valence-electron chi connectivity index (χ2n) is 7.02. The second-order valence-corrected chi connectivity index (χ2v) is 7.93. The van der Waals surface area contributed by atoms with Gasteiger partial charge < -0.3 is 9.64 Å². The maximum Gasteiger partial charge on any atom is 0.271 e. The van der Waals surface area contributed by atoms with Gasteiger partial charge in [-0.05, 0) is 84.3 Å². The molecule has 152 valence electrons. The summed E-state index contributed by atoms with van der Waals surface area (Å²) >= 11 is 3.47. The van der Waals surface area contributed by atoms with Gasteiger partial charge in [0.25, 0.3) is 5.91 Å². The predicted molar refractivity (Wildman–Crippen MR) is 123 cm³/mol. The van der Waals surface area contributed by atoms with Crippen molar-refractivity contribution in [3.05, 3.63) is 93.5 Å². The number of hydrazone groups is 1. The zero-order valence-corrected chi connectivity index (χ0v) is 18.2. The van der Waals surface area contributed by atoms with Crippen molar-refractivity contribution in [1.29, 1.82) is 0 Å². The Morgan fingerprint density at radius 1 is 1.07 bits per heavy atom. The van der Waals surface area contributed by atoms with Crippen LogP contribution in [0.4, 0.5) is 5.69 Å². The number of halogens is 1. The molecule has 3 aromatic carbocycles. The van der Waals surface area contributed by atoms with Gasteiger partial charge >= 0.3 is 0 Å². The number of carbonyl (C=O) groups excluding carboxylic acids is 1. The molecule has 6 heteroatoms. The highest BCUT2D eigenvalue weighted by atomic mass is 79.9. The van der Waals surface area contributed by atoms with E-state index in [0.29, 0.717) is 12.2 Å². The van der Waals surface area contributed by atoms with E-state index < -0.39 is 0 Å². The first kappa shape index (κ1) is 20.2. The predicted octanol–water partition coefficient (Wildman–Crippen LogP) is 5.13. The third kappa shape index (κ3) is 4.71. The number of nitrogens with one attached hydrogen (secondary N) is 1. The zero-order chi connectivity index (χ0) is 20.9. The summed E-state index contributed by atoms with van der Waals surface area (Å²) in [5, 5.41) is 4.08. The molecule has 30 heavy (non-hydrogen) atoms. The highest BCUT2D eigenvalue weighted by Gasteiger charge is 2.20. The fourth-order valence-corrected chi connectivity index (χ4v) is 3.68. The Labute approximate surface area is 184 Å². The molecule has 0 bridgehead atoms. The van der Waals surface area contributed by atoms with Crippen molar-refractivity contribution in [2.75, 3.05) is 11.5 Å². The molecule has 1 N–H and O–H groups in total. The third-order valence-electron chi connectivity index (χ3n) is 4.95. The van der Waals surface area contributed by atoms with Crippen LogP contribution in [-0.4, -0.2) is 18.7 Å². The Morgan fingerprint density at radius 2 is 1.80 bits per heavy atom. The van der Waals surface area contributed by atoms with Crippen LogP contribution in [0.5, 0.6) is 5.75 Å². The number of fused-ring (bicyclic) bond motifs is 1. The Balaban J connectivity index is 1.38. The Kier molecular flexibility index (Phi) is 6.14. The van der Waals surface area contributed by atoms with Crippen molar-refractivity contribution < 1.29 is 9.53 Å². The normalized spacial score (nSPS) is 12.8. The summed E-state index contributed by atoms with van der Waals surface area (Å²) in [6.45, 7) is 4.20. The molecule has 1 aliphatic heterocycles. The van der Waals surface area contributed by atoms with Crippen molar-refractivity contribution in [2.24, 2.45) is 5.10 Å². The lowest BCUT2D eigenvalue weighted by Gasteiger charge is -2.17. The molecule has 0 spiro atoms. The van der Waals surface area contributed by atoms with Crippen molar-refractivity contribution in [3.8, 4) is 5.75 Å². The van der Waals surface area contributed by atoms with E-state index in [1.165, 1.54) is 16.8 Å². The van der Waals surface area contributed by atoms with Gasteiger partial charge in [0.2, 0.25) is 0 Å². The molecule has 0 aliphatic carbocycles. The lowest BCUT2D eigenvalue weighted by Crippen LogP contribution is -2.17. The molecular formula is C24H22BrN3O2. The Bertz CT molecular complexity index is 1060. The molecule has 1 amide bonds. The van der Waals surface area contributed by atoms with E-state index in [1.54, 1.807) is 6.21 Å². The SMILES string of the molecule is CCOc1ccc(/C=N/NC(=O)c2ccc3c(c2)CN(c2ccc(Br)cc2)C3)cc1. The van der Waals surface area contributed by atoms with E-state index in [9.17, 15) is 4.79 Å². The molecule has 0 saturated carbocycles. The summed E-state index contributed by atoms with van der Waals surface area (Å²) in [5.41, 5.74) is 7.68. The molecule has 1 aliphatic rings. The molecular weight excluding hydrogens is 442 g/mol. The fraction of sp³-hybridized carbons (Fsp3) is 0.167. The first-order chi connectivity index (χ1) is 14.6. The van der Waals surface area contributed by atoms with Gasteiger partial charge in [0.1, 0.15) is 5.75 Å². The lowest BCUT2D eigenvalue weighted by atomic mass is 10.1. The molecule has 0 unspecified atom stereocenters. The number of anilines is 1. The molecule has 0 fully saturated rings. The second kappa shape index (κ2) is 9.13. The Hall–Kier alpha value is -3.12. The first-order valence-electron chi connectivity index (χ1n) is 9.81. The fourth-order valence-electron chi connectivity index (χ4n) is 3.42. The molecule has 0 saturated heterocycles. The molecule has 0 atom stereocenters. The molecule has 0 aromatic heterocycles. The maximum atomic E-state index is 12.5. The molecule has 1 heterocycles. The van der Waals surface area contributed by atoms with Crippen LogP contribution in [0.25, 0.3) is 0 Å². The summed E-state index contributed by atoms with van der Waals surface area (Å²) in [5.74, 6) is 0.594. The largest absolute Gasteiger partial charge is 0.494 e. The van der Waals surface area contributed by atoms with Gasteiger partial charge in [0.15, 0.2) is 0 Å². The number of carbonyl (C=O) groups is 1. The minimum atomic E-state index is -0.220. The Morgan fingerprint density at radius 3 is 2.53 bits per heavy atom. The number of nitrogens with zero attached hydrogens (tertiary/aromatic N) is 2. The van der Waals surface area contributed by atoms with Gasteiger partial charge in [-0.2, -0.15) is 5.10 Å². The van der Waals surface area contributed by atoms with Crippen molar-refractivity contribution >= 4 is 33.7 Å². The van der Waals surface area contributed by atoms with Crippen LogP contribution in [0.1, 0.15) is 34.0 Å². The quantitative estimate of drug-likeness (QED) is 0.407. The number of hydrogen-bond acceptors (Lipinski definition) is 4. The minimum absolute atomic E-state index is 0.220. The van der Waals surface area contributed by atoms with Crippen molar-refractivity contribution in [1.82, 2.24) is 5.43 Å². The van der Waals surface area contributed by atoms with Gasteiger partial charge in [0.05, 0.1) is 12.8 Å². The van der Waals surface area contributed by atoms with E-state index in [4.69, 9.17) is 4.74 Å². The van der Waals surface area contributed by atoms with Crippen molar-refractivity contribution in [2.45, 2.75) is 20.0 Å². The molecule has 3 aromatic rings. The smallest absolute Gasteiger partial charge is 0.271 e. The van der Waals surface area contributed by atoms with Gasteiger partial charge in [-0.1, -0.05) is 22.0 Å². The van der Waals surface area contributed by atoms with Crippen LogP contribution in [0.2, 0.25) is 0 Å². The highest BCUT2D eigenvalue weighted by Crippen LogP contribution is 2.29. The number of rotatable bonds is 6. The lowest BCUT2D eigenvalue weighted by molar-refractivity contribution is 0.0955. The average Bonchev–Trinajstić information content (AvgIpc) is 3.19. The summed E-state index contributed by atoms with van der Waals surface area (Å²) in [6.07, 6.45) is 1.62. The summed E-state index contributed by atoms with van der Waals surface area (Å²) < 4.78 is 6.48. The van der Waals surface area contributed by atoms with Crippen LogP contribution < -0.4 is 15.1 Å². The van der Waals surface area contributed by atoms with E-state index >= 15 is 0 Å². The average molecular weight is 464 g/mol. The number of hydrogen-bond donors (Lipinski definition) is 1. The van der Waals surface area contributed by atoms with E-state index in [-0.39, 0.29) is 5.91 Å². The summed E-state index contributed by atoms with van der Waals surface area (Å²) in [4.78, 5) is 14.8. The van der Waals surface area contributed by atoms with Crippen LogP contribution in [0, 0.1) is 0 Å². The first-order valence-corrected chi connectivity index (χ1v) is 10.6. The van der Waals surface area contributed by atoms with E-state index in [2.05, 4.69) is 43.5 Å². The number of ether oxygens (including phenoxy) is 1. The van der Waals surface area contributed by atoms with Crippen LogP contribution >= 0.6 is 15.9 Å². The maximum absolute atomic E-state index is 12.5. The zero-order valence-electron chi connectivity index (χ0n) is 16.6. The van der Waals surface area contributed by atoms with Gasteiger partial charge in [-0.25, -0.2) is 5.43 Å². The standard InChI is InChI=1S/C24H22BrN3O2/c1-2-30-23-11-3-17(4-12-23)14-26-27-24(29)18-5-6-19-15-28(16-20(19)13-18)22-9-7-21(25)8-10-22/h3-14H,2,15-16H2,1H3,(H,27,29)/b26-14+.